The summed E-state index contributed by atoms with van der Waals surface area (Å²) < 4.78 is 4.25. The topological polar surface area (TPSA) is 108 Å². The van der Waals surface area contributed by atoms with E-state index < -0.39 is 5.91 Å². The van der Waals surface area contributed by atoms with Gasteiger partial charge < -0.3 is 17.2 Å². The van der Waals surface area contributed by atoms with Gasteiger partial charge in [0.2, 0.25) is 0 Å². The predicted octanol–water partition coefficient (Wildman–Crippen LogP) is 0.884. The highest BCUT2D eigenvalue weighted by Gasteiger charge is 2.33. The fourth-order valence-electron chi connectivity index (χ4n) is 1.85. The van der Waals surface area contributed by atoms with Gasteiger partial charge in [-0.3, -0.25) is 4.79 Å². The molecule has 1 aliphatic rings. The third kappa shape index (κ3) is 1.91. The number of nitrogens with two attached hydrogens (primary N) is 3. The van der Waals surface area contributed by atoms with Crippen molar-refractivity contribution in [3.63, 3.8) is 0 Å². The summed E-state index contributed by atoms with van der Waals surface area (Å²) in [5.74, 6) is -0.539. The molecule has 0 fully saturated rings. The molecule has 1 unspecified atom stereocenters. The van der Waals surface area contributed by atoms with Crippen LogP contribution in [0.15, 0.2) is 23.9 Å². The summed E-state index contributed by atoms with van der Waals surface area (Å²) in [6, 6.07) is 0. The molecule has 17 heavy (non-hydrogen) atoms. The Bertz CT molecular complexity index is 532. The van der Waals surface area contributed by atoms with Crippen LogP contribution in [0.2, 0.25) is 0 Å². The molecule has 1 heterocycles. The van der Waals surface area contributed by atoms with Crippen LogP contribution in [0.3, 0.4) is 0 Å². The number of amides is 1. The minimum atomic E-state index is -0.539. The van der Waals surface area contributed by atoms with Gasteiger partial charge in [0.15, 0.2) is 0 Å². The van der Waals surface area contributed by atoms with Crippen molar-refractivity contribution in [3.05, 3.63) is 35.2 Å². The number of hydrogen-bond acceptors (Lipinski definition) is 5. The van der Waals surface area contributed by atoms with Gasteiger partial charge in [-0.05, 0) is 24.0 Å². The third-order valence-corrected chi connectivity index (χ3v) is 3.59. The van der Waals surface area contributed by atoms with Crippen LogP contribution in [0.4, 0.5) is 5.00 Å². The molecule has 1 aromatic rings. The molecule has 1 aliphatic carbocycles. The normalized spacial score (nSPS) is 23.5. The smallest absolute Gasteiger partial charge is 0.253 e. The molecule has 0 aliphatic heterocycles. The summed E-state index contributed by atoms with van der Waals surface area (Å²) in [5, 5.41) is 0.365. The molecule has 0 bridgehead atoms. The van der Waals surface area contributed by atoms with Crippen LogP contribution in [0.5, 0.6) is 0 Å². The van der Waals surface area contributed by atoms with Crippen molar-refractivity contribution >= 4 is 22.4 Å². The van der Waals surface area contributed by atoms with Gasteiger partial charge in [-0.15, -0.1) is 0 Å². The van der Waals surface area contributed by atoms with Gasteiger partial charge in [-0.2, -0.15) is 4.37 Å². The molecule has 6 heteroatoms. The van der Waals surface area contributed by atoms with Crippen LogP contribution >= 0.6 is 11.5 Å². The number of nitrogen functional groups attached to an aromatic ring is 1. The Labute approximate surface area is 103 Å². The zero-order chi connectivity index (χ0) is 12.6. The molecule has 0 aromatic carbocycles. The van der Waals surface area contributed by atoms with Crippen molar-refractivity contribution in [3.8, 4) is 0 Å². The summed E-state index contributed by atoms with van der Waals surface area (Å²) in [4.78, 5) is 11.4. The summed E-state index contributed by atoms with van der Waals surface area (Å²) in [6.07, 6.45) is 6.33. The molecule has 1 aromatic heterocycles. The highest BCUT2D eigenvalue weighted by Crippen LogP contribution is 2.37. The molecular weight excluding hydrogens is 236 g/mol. The number of allylic oxidation sites excluding steroid dienone is 3. The van der Waals surface area contributed by atoms with Crippen LogP contribution in [-0.4, -0.2) is 10.3 Å². The van der Waals surface area contributed by atoms with Crippen molar-refractivity contribution in [2.75, 3.05) is 5.73 Å². The Balaban J connectivity index is 2.48. The van der Waals surface area contributed by atoms with Gasteiger partial charge in [0, 0.05) is 11.1 Å². The van der Waals surface area contributed by atoms with E-state index in [2.05, 4.69) is 4.37 Å². The number of anilines is 1. The molecule has 1 atom stereocenters. The van der Waals surface area contributed by atoms with Gasteiger partial charge in [0.1, 0.15) is 5.00 Å². The summed E-state index contributed by atoms with van der Waals surface area (Å²) in [7, 11) is 0. The molecule has 0 radical (unpaired) electrons. The van der Waals surface area contributed by atoms with Gasteiger partial charge in [-0.25, -0.2) is 0 Å². The second-order valence-electron chi connectivity index (χ2n) is 4.29. The lowest BCUT2D eigenvalue weighted by atomic mass is 9.78. The lowest BCUT2D eigenvalue weighted by molar-refractivity contribution is 0.0999. The Morgan fingerprint density at radius 2 is 2.24 bits per heavy atom. The van der Waals surface area contributed by atoms with Gasteiger partial charge >= 0.3 is 0 Å². The largest absolute Gasteiger partial charge is 0.399 e. The average molecular weight is 250 g/mol. The van der Waals surface area contributed by atoms with Crippen molar-refractivity contribution < 1.29 is 4.79 Å². The summed E-state index contributed by atoms with van der Waals surface area (Å²) >= 11 is 1.09. The summed E-state index contributed by atoms with van der Waals surface area (Å²) in [6.45, 7) is 1.98. The fourth-order valence-corrected chi connectivity index (χ4v) is 2.63. The average Bonchev–Trinajstić information content (AvgIpc) is 2.66. The van der Waals surface area contributed by atoms with E-state index in [4.69, 9.17) is 17.2 Å². The first-order valence-corrected chi connectivity index (χ1v) is 5.92. The lowest BCUT2D eigenvalue weighted by Crippen LogP contribution is -2.26. The van der Waals surface area contributed by atoms with Crippen LogP contribution < -0.4 is 17.2 Å². The molecule has 0 saturated heterocycles. The number of primary amides is 1. The fraction of sp³-hybridized carbons (Fsp3) is 0.273. The van der Waals surface area contributed by atoms with E-state index in [-0.39, 0.29) is 5.41 Å². The molecule has 0 saturated carbocycles. The molecule has 1 amide bonds. The Morgan fingerprint density at radius 3 is 2.76 bits per heavy atom. The highest BCUT2D eigenvalue weighted by atomic mass is 32.1. The zero-order valence-corrected chi connectivity index (χ0v) is 10.3. The first-order chi connectivity index (χ1) is 7.94. The van der Waals surface area contributed by atoms with Crippen molar-refractivity contribution in [1.29, 1.82) is 0 Å². The minimum absolute atomic E-state index is 0.330. The number of nitrogens with zero attached hydrogens (tertiary/aromatic N) is 1. The van der Waals surface area contributed by atoms with Crippen LogP contribution in [0.25, 0.3) is 0 Å². The number of hydrogen-bond donors (Lipinski definition) is 3. The number of carbonyl (C=O) groups excluding carboxylic acids is 1. The molecule has 0 spiro atoms. The third-order valence-electron chi connectivity index (χ3n) is 2.91. The minimum Gasteiger partial charge on any atom is -0.399 e. The molecular formula is C11H14N4OS. The quantitative estimate of drug-likeness (QED) is 0.724. The van der Waals surface area contributed by atoms with E-state index in [1.54, 1.807) is 0 Å². The van der Waals surface area contributed by atoms with Crippen LogP contribution in [0.1, 0.15) is 29.4 Å². The SMILES string of the molecule is CC1(c2nsc(N)c2C(N)=O)C=CC(N)=CC1. The number of rotatable bonds is 2. The molecule has 2 rings (SSSR count). The van der Waals surface area contributed by atoms with Crippen molar-refractivity contribution in [2.45, 2.75) is 18.8 Å². The maximum Gasteiger partial charge on any atom is 0.253 e. The first kappa shape index (κ1) is 11.7. The van der Waals surface area contributed by atoms with Crippen molar-refractivity contribution in [2.24, 2.45) is 11.5 Å². The van der Waals surface area contributed by atoms with Crippen LogP contribution in [0, 0.1) is 0 Å². The van der Waals surface area contributed by atoms with E-state index in [1.165, 1.54) is 0 Å². The molecule has 6 N–H and O–H groups in total. The maximum atomic E-state index is 11.4. The Hall–Kier alpha value is -1.82. The van der Waals surface area contributed by atoms with Crippen LogP contribution in [-0.2, 0) is 5.41 Å². The lowest BCUT2D eigenvalue weighted by Gasteiger charge is -2.26. The van der Waals surface area contributed by atoms with Gasteiger partial charge in [-0.1, -0.05) is 19.1 Å². The monoisotopic (exact) mass is 250 g/mol. The predicted molar refractivity (Wildman–Crippen MR) is 68.4 cm³/mol. The molecule has 90 valence electrons. The number of aromatic nitrogens is 1. The van der Waals surface area contributed by atoms with E-state index in [0.717, 1.165) is 11.5 Å². The maximum absolute atomic E-state index is 11.4. The van der Waals surface area contributed by atoms with E-state index in [1.807, 2.05) is 25.2 Å². The standard InChI is InChI=1S/C11H14N4OS/c1-11(4-2-6(12)3-5-11)8-7(9(13)16)10(14)17-15-8/h2-4H,5,12,14H2,1H3,(H2,13,16). The molecule has 5 nitrogen and oxygen atoms in total. The van der Waals surface area contributed by atoms with E-state index in [0.29, 0.717) is 28.4 Å². The van der Waals surface area contributed by atoms with Gasteiger partial charge in [0.05, 0.1) is 11.3 Å². The van der Waals surface area contributed by atoms with Gasteiger partial charge in [0.25, 0.3) is 5.91 Å². The second kappa shape index (κ2) is 3.89. The van der Waals surface area contributed by atoms with E-state index in [9.17, 15) is 4.79 Å². The second-order valence-corrected chi connectivity index (χ2v) is 5.10. The Morgan fingerprint density at radius 1 is 1.53 bits per heavy atom. The van der Waals surface area contributed by atoms with Crippen molar-refractivity contribution in [1.82, 2.24) is 4.37 Å². The number of carbonyl (C=O) groups is 1. The van der Waals surface area contributed by atoms with E-state index >= 15 is 0 Å². The summed E-state index contributed by atoms with van der Waals surface area (Å²) in [5.41, 5.74) is 18.0. The Kier molecular flexibility index (Phi) is 2.66. The zero-order valence-electron chi connectivity index (χ0n) is 9.43. The highest BCUT2D eigenvalue weighted by molar-refractivity contribution is 7.10. The first-order valence-electron chi connectivity index (χ1n) is 5.14.